The number of hydrogen-bond donors (Lipinski definition) is 2. The number of hydrogen-bond acceptors (Lipinski definition) is 2. The van der Waals surface area contributed by atoms with E-state index in [1.54, 1.807) is 0 Å². The largest absolute Gasteiger partial charge is 0.481 e. The second-order valence-corrected chi connectivity index (χ2v) is 5.59. The fraction of sp³-hybridized carbons (Fsp3) is 0.917. The fourth-order valence-corrected chi connectivity index (χ4v) is 2.85. The van der Waals surface area contributed by atoms with Crippen LogP contribution in [0.4, 0.5) is 0 Å². The summed E-state index contributed by atoms with van der Waals surface area (Å²) in [5.41, 5.74) is 5.59. The first-order valence-corrected chi connectivity index (χ1v) is 5.81. The Morgan fingerprint density at radius 1 is 1.60 bits per heavy atom. The average Bonchev–Trinajstić information content (AvgIpc) is 2.47. The normalized spacial score (nSPS) is 31.9. The highest BCUT2D eigenvalue weighted by Gasteiger charge is 2.48. The first kappa shape index (κ1) is 12.5. The summed E-state index contributed by atoms with van der Waals surface area (Å²) in [7, 11) is 0. The van der Waals surface area contributed by atoms with Gasteiger partial charge in [0.1, 0.15) is 0 Å². The molecule has 1 aliphatic rings. The minimum absolute atomic E-state index is 0.195. The van der Waals surface area contributed by atoms with E-state index in [1.807, 2.05) is 13.8 Å². The van der Waals surface area contributed by atoms with Gasteiger partial charge in [0, 0.05) is 5.54 Å². The Morgan fingerprint density at radius 3 is 2.53 bits per heavy atom. The van der Waals surface area contributed by atoms with Crippen LogP contribution in [0.3, 0.4) is 0 Å². The summed E-state index contributed by atoms with van der Waals surface area (Å²) in [5.74, 6) is -0.0579. The molecule has 2 atom stereocenters. The van der Waals surface area contributed by atoms with Gasteiger partial charge in [-0.1, -0.05) is 13.3 Å². The molecule has 0 aromatic heterocycles. The molecule has 1 fully saturated rings. The van der Waals surface area contributed by atoms with Crippen LogP contribution in [-0.2, 0) is 4.79 Å². The zero-order valence-electron chi connectivity index (χ0n) is 10.0. The molecule has 0 radical (unpaired) electrons. The van der Waals surface area contributed by atoms with Crippen LogP contribution in [0, 0.1) is 11.3 Å². The summed E-state index contributed by atoms with van der Waals surface area (Å²) in [6.07, 6.45) is 4.41. The van der Waals surface area contributed by atoms with Gasteiger partial charge in [0.05, 0.1) is 6.42 Å². The maximum absolute atomic E-state index is 10.9. The molecule has 1 saturated carbocycles. The summed E-state index contributed by atoms with van der Waals surface area (Å²) >= 11 is 0. The molecule has 15 heavy (non-hydrogen) atoms. The second kappa shape index (κ2) is 4.12. The zero-order chi connectivity index (χ0) is 11.7. The molecule has 0 bridgehead atoms. The van der Waals surface area contributed by atoms with Gasteiger partial charge in [0.25, 0.3) is 0 Å². The standard InChI is InChI=1S/C12H23NO2/c1-4-9-5-6-12(7-9,8-10(14)15)11(2,3)13/h9H,4-8,13H2,1-3H3,(H,14,15). The molecule has 0 amide bonds. The Hall–Kier alpha value is -0.570. The molecule has 3 heteroatoms. The van der Waals surface area contributed by atoms with Gasteiger partial charge in [-0.2, -0.15) is 0 Å². The molecule has 2 unspecified atom stereocenters. The summed E-state index contributed by atoms with van der Waals surface area (Å²) in [4.78, 5) is 10.9. The molecule has 88 valence electrons. The van der Waals surface area contributed by atoms with E-state index in [0.717, 1.165) is 25.7 Å². The van der Waals surface area contributed by atoms with Crippen LogP contribution in [0.15, 0.2) is 0 Å². The van der Waals surface area contributed by atoms with Crippen molar-refractivity contribution in [3.63, 3.8) is 0 Å². The van der Waals surface area contributed by atoms with E-state index in [2.05, 4.69) is 6.92 Å². The average molecular weight is 213 g/mol. The number of carboxylic acids is 1. The van der Waals surface area contributed by atoms with Gasteiger partial charge in [0.15, 0.2) is 0 Å². The number of rotatable bonds is 4. The molecule has 0 aliphatic heterocycles. The Morgan fingerprint density at radius 2 is 2.20 bits per heavy atom. The highest BCUT2D eigenvalue weighted by molar-refractivity contribution is 5.68. The quantitative estimate of drug-likeness (QED) is 0.753. The van der Waals surface area contributed by atoms with Crippen molar-refractivity contribution in [2.24, 2.45) is 17.1 Å². The fourth-order valence-electron chi connectivity index (χ4n) is 2.85. The lowest BCUT2D eigenvalue weighted by Crippen LogP contribution is -2.50. The second-order valence-electron chi connectivity index (χ2n) is 5.59. The van der Waals surface area contributed by atoms with Gasteiger partial charge in [-0.15, -0.1) is 0 Å². The number of carbonyl (C=O) groups is 1. The van der Waals surface area contributed by atoms with Crippen molar-refractivity contribution < 1.29 is 9.90 Å². The molecule has 1 rings (SSSR count). The third-order valence-corrected chi connectivity index (χ3v) is 4.14. The highest BCUT2D eigenvalue weighted by atomic mass is 16.4. The summed E-state index contributed by atoms with van der Waals surface area (Å²) in [6, 6.07) is 0. The van der Waals surface area contributed by atoms with E-state index in [4.69, 9.17) is 10.8 Å². The summed E-state index contributed by atoms with van der Waals surface area (Å²) in [5, 5.41) is 9.01. The van der Waals surface area contributed by atoms with E-state index < -0.39 is 11.5 Å². The van der Waals surface area contributed by atoms with Gasteiger partial charge in [-0.25, -0.2) is 0 Å². The van der Waals surface area contributed by atoms with E-state index in [-0.39, 0.29) is 11.8 Å². The smallest absolute Gasteiger partial charge is 0.303 e. The first-order valence-electron chi connectivity index (χ1n) is 5.81. The lowest BCUT2D eigenvalue weighted by molar-refractivity contribution is -0.141. The minimum atomic E-state index is -0.717. The molecule has 0 spiro atoms. The number of aliphatic carboxylic acids is 1. The Kier molecular flexibility index (Phi) is 3.44. The van der Waals surface area contributed by atoms with Gasteiger partial charge in [0.2, 0.25) is 0 Å². The molecular weight excluding hydrogens is 190 g/mol. The van der Waals surface area contributed by atoms with Gasteiger partial charge in [-0.3, -0.25) is 4.79 Å². The lowest BCUT2D eigenvalue weighted by Gasteiger charge is -2.41. The van der Waals surface area contributed by atoms with E-state index in [1.165, 1.54) is 0 Å². The molecule has 3 N–H and O–H groups in total. The minimum Gasteiger partial charge on any atom is -0.481 e. The van der Waals surface area contributed by atoms with Crippen molar-refractivity contribution in [2.45, 2.75) is 58.4 Å². The predicted octanol–water partition coefficient (Wildman–Crippen LogP) is 2.39. The molecule has 3 nitrogen and oxygen atoms in total. The van der Waals surface area contributed by atoms with E-state index in [0.29, 0.717) is 5.92 Å². The van der Waals surface area contributed by atoms with Crippen molar-refractivity contribution in [1.29, 1.82) is 0 Å². The maximum atomic E-state index is 10.9. The van der Waals surface area contributed by atoms with Crippen molar-refractivity contribution >= 4 is 5.97 Å². The van der Waals surface area contributed by atoms with Crippen LogP contribution >= 0.6 is 0 Å². The van der Waals surface area contributed by atoms with Gasteiger partial charge >= 0.3 is 5.97 Å². The predicted molar refractivity (Wildman–Crippen MR) is 60.6 cm³/mol. The lowest BCUT2D eigenvalue weighted by atomic mass is 9.68. The van der Waals surface area contributed by atoms with Crippen molar-refractivity contribution in [1.82, 2.24) is 0 Å². The number of nitrogens with two attached hydrogens (primary N) is 1. The molecule has 0 aromatic rings. The van der Waals surface area contributed by atoms with Crippen molar-refractivity contribution in [3.8, 4) is 0 Å². The van der Waals surface area contributed by atoms with Crippen LogP contribution < -0.4 is 5.73 Å². The van der Waals surface area contributed by atoms with Gasteiger partial charge in [-0.05, 0) is 44.4 Å². The Labute approximate surface area is 92.0 Å². The Bertz CT molecular complexity index is 244. The Balaban J connectivity index is 2.85. The van der Waals surface area contributed by atoms with Crippen LogP contribution in [0.1, 0.15) is 52.9 Å². The molecule has 0 heterocycles. The van der Waals surface area contributed by atoms with E-state index in [9.17, 15) is 4.79 Å². The highest BCUT2D eigenvalue weighted by Crippen LogP contribution is 2.51. The zero-order valence-corrected chi connectivity index (χ0v) is 10.0. The third-order valence-electron chi connectivity index (χ3n) is 4.14. The third kappa shape index (κ3) is 2.51. The van der Waals surface area contributed by atoms with Crippen LogP contribution in [0.2, 0.25) is 0 Å². The van der Waals surface area contributed by atoms with Gasteiger partial charge < -0.3 is 10.8 Å². The van der Waals surface area contributed by atoms with Crippen molar-refractivity contribution in [3.05, 3.63) is 0 Å². The van der Waals surface area contributed by atoms with Crippen molar-refractivity contribution in [2.75, 3.05) is 0 Å². The molecule has 1 aliphatic carbocycles. The summed E-state index contributed by atoms with van der Waals surface area (Å²) < 4.78 is 0. The topological polar surface area (TPSA) is 63.3 Å². The number of carboxylic acid groups (broad SMARTS) is 1. The summed E-state index contributed by atoms with van der Waals surface area (Å²) in [6.45, 7) is 6.10. The molecular formula is C12H23NO2. The van der Waals surface area contributed by atoms with E-state index >= 15 is 0 Å². The monoisotopic (exact) mass is 213 g/mol. The first-order chi connectivity index (χ1) is 6.81. The SMILES string of the molecule is CCC1CCC(CC(=O)O)(C(C)(C)N)C1. The van der Waals surface area contributed by atoms with Crippen LogP contribution in [0.25, 0.3) is 0 Å². The van der Waals surface area contributed by atoms with Crippen LogP contribution in [-0.4, -0.2) is 16.6 Å². The molecule has 0 saturated heterocycles. The molecule has 0 aromatic carbocycles. The van der Waals surface area contributed by atoms with Crippen LogP contribution in [0.5, 0.6) is 0 Å². The maximum Gasteiger partial charge on any atom is 0.303 e.